The molecule has 1 atom stereocenters. The van der Waals surface area contributed by atoms with Crippen LogP contribution in [0.15, 0.2) is 0 Å². The molecule has 1 rings (SSSR count). The fourth-order valence-corrected chi connectivity index (χ4v) is 2.02. The van der Waals surface area contributed by atoms with Crippen LogP contribution in [0.3, 0.4) is 0 Å². The molecule has 0 aromatic carbocycles. The molecule has 1 saturated heterocycles. The largest absolute Gasteiger partial charge is 0.394 e. The van der Waals surface area contributed by atoms with E-state index in [-0.39, 0.29) is 6.61 Å². The molecule has 1 aliphatic heterocycles. The number of rotatable bonds is 6. The van der Waals surface area contributed by atoms with E-state index in [1.807, 2.05) is 0 Å². The van der Waals surface area contributed by atoms with Crippen LogP contribution in [-0.2, 0) is 0 Å². The molecule has 0 saturated carbocycles. The van der Waals surface area contributed by atoms with Crippen molar-refractivity contribution in [3.63, 3.8) is 0 Å². The Bertz CT molecular complexity index is 159. The standard InChI is InChI=1S/C11H24N2O2/c1-2-5-12-10-3-6-13(7-4-10)8-11(15)9-14/h10-12,14-15H,2-9H2,1H3. The van der Waals surface area contributed by atoms with Crippen molar-refractivity contribution in [1.82, 2.24) is 10.2 Å². The maximum absolute atomic E-state index is 9.31. The third kappa shape index (κ3) is 4.93. The van der Waals surface area contributed by atoms with E-state index in [2.05, 4.69) is 17.1 Å². The van der Waals surface area contributed by atoms with Gasteiger partial charge in [-0.05, 0) is 38.9 Å². The van der Waals surface area contributed by atoms with Gasteiger partial charge in [-0.15, -0.1) is 0 Å². The van der Waals surface area contributed by atoms with Crippen LogP contribution in [0.25, 0.3) is 0 Å². The van der Waals surface area contributed by atoms with E-state index < -0.39 is 6.10 Å². The molecule has 4 heteroatoms. The molecule has 0 amide bonds. The highest BCUT2D eigenvalue weighted by atomic mass is 16.3. The van der Waals surface area contributed by atoms with E-state index in [9.17, 15) is 5.11 Å². The predicted molar refractivity (Wildman–Crippen MR) is 60.8 cm³/mol. The Morgan fingerprint density at radius 2 is 2.07 bits per heavy atom. The summed E-state index contributed by atoms with van der Waals surface area (Å²) in [5, 5.41) is 21.6. The normalized spacial score (nSPS) is 21.8. The summed E-state index contributed by atoms with van der Waals surface area (Å²) in [7, 11) is 0. The van der Waals surface area contributed by atoms with Crippen LogP contribution >= 0.6 is 0 Å². The van der Waals surface area contributed by atoms with Gasteiger partial charge in [-0.3, -0.25) is 0 Å². The number of likely N-dealkylation sites (tertiary alicyclic amines) is 1. The van der Waals surface area contributed by atoms with Gasteiger partial charge in [0.15, 0.2) is 0 Å². The third-order valence-corrected chi connectivity index (χ3v) is 2.95. The summed E-state index contributed by atoms with van der Waals surface area (Å²) in [4.78, 5) is 2.23. The van der Waals surface area contributed by atoms with Crippen molar-refractivity contribution in [1.29, 1.82) is 0 Å². The fourth-order valence-electron chi connectivity index (χ4n) is 2.02. The van der Waals surface area contributed by atoms with Crippen LogP contribution in [0.4, 0.5) is 0 Å². The molecule has 15 heavy (non-hydrogen) atoms. The first-order chi connectivity index (χ1) is 7.26. The van der Waals surface area contributed by atoms with Crippen LogP contribution in [0.5, 0.6) is 0 Å². The maximum Gasteiger partial charge on any atom is 0.0897 e. The molecular weight excluding hydrogens is 192 g/mol. The monoisotopic (exact) mass is 216 g/mol. The Morgan fingerprint density at radius 3 is 2.60 bits per heavy atom. The van der Waals surface area contributed by atoms with Crippen molar-refractivity contribution < 1.29 is 10.2 Å². The lowest BCUT2D eigenvalue weighted by atomic mass is 10.0. The van der Waals surface area contributed by atoms with Crippen LogP contribution in [0.2, 0.25) is 0 Å². The second-order valence-corrected chi connectivity index (χ2v) is 4.37. The second kappa shape index (κ2) is 7.17. The van der Waals surface area contributed by atoms with Gasteiger partial charge in [0.25, 0.3) is 0 Å². The highest BCUT2D eigenvalue weighted by Crippen LogP contribution is 2.10. The van der Waals surface area contributed by atoms with Crippen LogP contribution in [0, 0.1) is 0 Å². The number of β-amino-alcohol motifs (C(OH)–C–C–N with tert-alkyl or cyclic N) is 1. The van der Waals surface area contributed by atoms with Gasteiger partial charge in [0.2, 0.25) is 0 Å². The minimum absolute atomic E-state index is 0.131. The summed E-state index contributed by atoms with van der Waals surface area (Å²) < 4.78 is 0. The summed E-state index contributed by atoms with van der Waals surface area (Å²) in [6.07, 6.45) is 2.91. The van der Waals surface area contributed by atoms with Gasteiger partial charge in [-0.25, -0.2) is 0 Å². The van der Waals surface area contributed by atoms with Gasteiger partial charge in [0, 0.05) is 12.6 Å². The summed E-state index contributed by atoms with van der Waals surface area (Å²) in [5.74, 6) is 0. The number of piperidine rings is 1. The van der Waals surface area contributed by atoms with Crippen molar-refractivity contribution in [3.05, 3.63) is 0 Å². The van der Waals surface area contributed by atoms with Crippen LogP contribution < -0.4 is 5.32 Å². The van der Waals surface area contributed by atoms with E-state index in [4.69, 9.17) is 5.11 Å². The lowest BCUT2D eigenvalue weighted by Crippen LogP contribution is -2.45. The van der Waals surface area contributed by atoms with Crippen molar-refractivity contribution >= 4 is 0 Å². The average Bonchev–Trinajstić information content (AvgIpc) is 2.28. The van der Waals surface area contributed by atoms with Crippen molar-refractivity contribution in [2.75, 3.05) is 32.8 Å². The number of nitrogens with one attached hydrogen (secondary N) is 1. The van der Waals surface area contributed by atoms with Crippen LogP contribution in [-0.4, -0.2) is 60.0 Å². The number of aliphatic hydroxyl groups excluding tert-OH is 2. The molecule has 90 valence electrons. The number of hydrogen-bond acceptors (Lipinski definition) is 4. The van der Waals surface area contributed by atoms with E-state index in [0.29, 0.717) is 12.6 Å². The Balaban J connectivity index is 2.12. The van der Waals surface area contributed by atoms with Gasteiger partial charge >= 0.3 is 0 Å². The molecule has 4 nitrogen and oxygen atoms in total. The molecule has 0 bridgehead atoms. The Hall–Kier alpha value is -0.160. The molecule has 0 aliphatic carbocycles. The maximum atomic E-state index is 9.31. The van der Waals surface area contributed by atoms with E-state index in [1.165, 1.54) is 6.42 Å². The van der Waals surface area contributed by atoms with Crippen molar-refractivity contribution in [3.8, 4) is 0 Å². The van der Waals surface area contributed by atoms with Crippen LogP contribution in [0.1, 0.15) is 26.2 Å². The smallest absolute Gasteiger partial charge is 0.0897 e. The molecule has 1 fully saturated rings. The van der Waals surface area contributed by atoms with Gasteiger partial charge in [0.1, 0.15) is 0 Å². The summed E-state index contributed by atoms with van der Waals surface area (Å²) in [5.41, 5.74) is 0. The summed E-state index contributed by atoms with van der Waals surface area (Å²) in [6.45, 7) is 5.81. The minimum Gasteiger partial charge on any atom is -0.394 e. The second-order valence-electron chi connectivity index (χ2n) is 4.37. The van der Waals surface area contributed by atoms with Gasteiger partial charge in [-0.2, -0.15) is 0 Å². The summed E-state index contributed by atoms with van der Waals surface area (Å²) >= 11 is 0. The topological polar surface area (TPSA) is 55.7 Å². The van der Waals surface area contributed by atoms with E-state index in [1.54, 1.807) is 0 Å². The van der Waals surface area contributed by atoms with Crippen molar-refractivity contribution in [2.24, 2.45) is 0 Å². The highest BCUT2D eigenvalue weighted by Gasteiger charge is 2.19. The highest BCUT2D eigenvalue weighted by molar-refractivity contribution is 4.78. The molecule has 0 radical (unpaired) electrons. The lowest BCUT2D eigenvalue weighted by Gasteiger charge is -2.33. The van der Waals surface area contributed by atoms with Gasteiger partial charge in [-0.1, -0.05) is 6.92 Å². The molecule has 3 N–H and O–H groups in total. The predicted octanol–water partition coefficient (Wildman–Crippen LogP) is -0.196. The Morgan fingerprint density at radius 1 is 1.40 bits per heavy atom. The van der Waals surface area contributed by atoms with Gasteiger partial charge < -0.3 is 20.4 Å². The molecule has 0 aromatic heterocycles. The first-order valence-corrected chi connectivity index (χ1v) is 6.01. The number of hydrogen-bond donors (Lipinski definition) is 3. The van der Waals surface area contributed by atoms with Gasteiger partial charge in [0.05, 0.1) is 12.7 Å². The van der Waals surface area contributed by atoms with E-state index >= 15 is 0 Å². The SMILES string of the molecule is CCCNC1CCN(CC(O)CO)CC1. The fraction of sp³-hybridized carbons (Fsp3) is 1.00. The average molecular weight is 216 g/mol. The molecule has 1 unspecified atom stereocenters. The molecule has 0 aromatic rings. The zero-order valence-corrected chi connectivity index (χ0v) is 9.65. The number of aliphatic hydroxyl groups is 2. The molecule has 1 heterocycles. The minimum atomic E-state index is -0.579. The molecule has 0 spiro atoms. The molecular formula is C11H24N2O2. The lowest BCUT2D eigenvalue weighted by molar-refractivity contribution is 0.0500. The first kappa shape index (κ1) is 12.9. The zero-order valence-electron chi connectivity index (χ0n) is 9.65. The zero-order chi connectivity index (χ0) is 11.1. The Labute approximate surface area is 92.3 Å². The molecule has 1 aliphatic rings. The number of nitrogens with zero attached hydrogens (tertiary/aromatic N) is 1. The summed E-state index contributed by atoms with van der Waals surface area (Å²) in [6, 6.07) is 0.646. The Kier molecular flexibility index (Phi) is 6.17. The van der Waals surface area contributed by atoms with E-state index in [0.717, 1.165) is 32.5 Å². The first-order valence-electron chi connectivity index (χ1n) is 6.01. The van der Waals surface area contributed by atoms with Crippen molar-refractivity contribution in [2.45, 2.75) is 38.3 Å². The quantitative estimate of drug-likeness (QED) is 0.576. The third-order valence-electron chi connectivity index (χ3n) is 2.95.